The molecule has 1 rings (SSSR count). The van der Waals surface area contributed by atoms with E-state index in [4.69, 9.17) is 0 Å². The fourth-order valence-electron chi connectivity index (χ4n) is 1.39. The van der Waals surface area contributed by atoms with E-state index < -0.39 is 0 Å². The Morgan fingerprint density at radius 1 is 1.54 bits per heavy atom. The van der Waals surface area contributed by atoms with Crippen molar-refractivity contribution in [2.45, 2.75) is 38.5 Å². The Kier molecular flexibility index (Phi) is 4.76. The van der Waals surface area contributed by atoms with Gasteiger partial charge in [0.1, 0.15) is 6.29 Å². The molecule has 0 aliphatic heterocycles. The summed E-state index contributed by atoms with van der Waals surface area (Å²) in [5, 5.41) is 2.03. The van der Waals surface area contributed by atoms with Crippen LogP contribution in [-0.4, -0.2) is 6.29 Å². The molecule has 0 saturated carbocycles. The van der Waals surface area contributed by atoms with Crippen LogP contribution in [0, 0.1) is 0 Å². The molecule has 0 amide bonds. The maximum Gasteiger partial charge on any atom is 0.128 e. The second-order valence-corrected chi connectivity index (χ2v) is 4.23. The fraction of sp³-hybridized carbons (Fsp3) is 0.545. The summed E-state index contributed by atoms with van der Waals surface area (Å²) < 4.78 is 0. The van der Waals surface area contributed by atoms with E-state index in [0.29, 0.717) is 0 Å². The molecule has 1 aromatic rings. The molecule has 0 saturated heterocycles. The Balaban J connectivity index is 2.40. The molecule has 1 nitrogen and oxygen atoms in total. The summed E-state index contributed by atoms with van der Waals surface area (Å²) in [5.41, 5.74) is 0. The first-order valence-corrected chi connectivity index (χ1v) is 5.75. The Labute approximate surface area is 83.8 Å². The molecular weight excluding hydrogens is 180 g/mol. The number of rotatable bonds is 6. The molecule has 0 bridgehead atoms. The molecule has 1 unspecified atom stereocenters. The fourth-order valence-corrected chi connectivity index (χ4v) is 2.21. The predicted molar refractivity (Wildman–Crippen MR) is 57.3 cm³/mol. The standard InChI is InChI=1S/C11H16OS/c1-2-3-4-6-10(9-12)11-7-5-8-13-11/h5,7-10H,2-4,6H2,1H3. The molecule has 2 heteroatoms. The second kappa shape index (κ2) is 5.92. The summed E-state index contributed by atoms with van der Waals surface area (Å²) >= 11 is 1.68. The van der Waals surface area contributed by atoms with E-state index >= 15 is 0 Å². The third-order valence-electron chi connectivity index (χ3n) is 2.19. The van der Waals surface area contributed by atoms with Gasteiger partial charge in [-0.1, -0.05) is 32.3 Å². The van der Waals surface area contributed by atoms with Crippen molar-refractivity contribution >= 4 is 17.6 Å². The van der Waals surface area contributed by atoms with Gasteiger partial charge in [-0.3, -0.25) is 0 Å². The van der Waals surface area contributed by atoms with E-state index in [2.05, 4.69) is 13.0 Å². The van der Waals surface area contributed by atoms with Gasteiger partial charge in [0.25, 0.3) is 0 Å². The highest BCUT2D eigenvalue weighted by molar-refractivity contribution is 7.10. The Morgan fingerprint density at radius 2 is 2.38 bits per heavy atom. The van der Waals surface area contributed by atoms with Crippen molar-refractivity contribution in [2.75, 3.05) is 0 Å². The van der Waals surface area contributed by atoms with Crippen LogP contribution in [0.2, 0.25) is 0 Å². The van der Waals surface area contributed by atoms with Gasteiger partial charge in [0.2, 0.25) is 0 Å². The minimum Gasteiger partial charge on any atom is -0.303 e. The van der Waals surface area contributed by atoms with Crippen molar-refractivity contribution in [1.29, 1.82) is 0 Å². The van der Waals surface area contributed by atoms with Crippen molar-refractivity contribution < 1.29 is 4.79 Å². The maximum atomic E-state index is 10.8. The summed E-state index contributed by atoms with van der Waals surface area (Å²) in [6.07, 6.45) is 5.71. The third kappa shape index (κ3) is 3.31. The molecule has 0 aromatic carbocycles. The number of carbonyl (C=O) groups is 1. The zero-order chi connectivity index (χ0) is 9.52. The quantitative estimate of drug-likeness (QED) is 0.502. The van der Waals surface area contributed by atoms with E-state index in [0.717, 1.165) is 19.1 Å². The van der Waals surface area contributed by atoms with Crippen LogP contribution in [0.3, 0.4) is 0 Å². The molecule has 0 N–H and O–H groups in total. The van der Waals surface area contributed by atoms with Gasteiger partial charge in [-0.2, -0.15) is 0 Å². The molecule has 1 aromatic heterocycles. The SMILES string of the molecule is CCCCCC(C=O)c1cccs1. The average Bonchev–Trinajstić information content (AvgIpc) is 2.65. The first kappa shape index (κ1) is 10.5. The van der Waals surface area contributed by atoms with Crippen LogP contribution < -0.4 is 0 Å². The zero-order valence-corrected chi connectivity index (χ0v) is 8.85. The van der Waals surface area contributed by atoms with Gasteiger partial charge in [0.05, 0.1) is 0 Å². The average molecular weight is 196 g/mol. The number of thiophene rings is 1. The van der Waals surface area contributed by atoms with E-state index in [1.807, 2.05) is 11.4 Å². The van der Waals surface area contributed by atoms with E-state index in [-0.39, 0.29) is 5.92 Å². The molecule has 0 aliphatic rings. The Morgan fingerprint density at radius 3 is 2.92 bits per heavy atom. The molecule has 72 valence electrons. The topological polar surface area (TPSA) is 17.1 Å². The van der Waals surface area contributed by atoms with Gasteiger partial charge in [-0.25, -0.2) is 0 Å². The van der Waals surface area contributed by atoms with Gasteiger partial charge in [-0.15, -0.1) is 11.3 Å². The number of aldehydes is 1. The van der Waals surface area contributed by atoms with Crippen molar-refractivity contribution in [2.24, 2.45) is 0 Å². The molecule has 0 aliphatic carbocycles. The zero-order valence-electron chi connectivity index (χ0n) is 8.03. The molecule has 0 spiro atoms. The summed E-state index contributed by atoms with van der Waals surface area (Å²) in [4.78, 5) is 12.0. The molecule has 0 radical (unpaired) electrons. The minimum atomic E-state index is 0.145. The Hall–Kier alpha value is -0.630. The Bertz CT molecular complexity index is 228. The largest absolute Gasteiger partial charge is 0.303 e. The smallest absolute Gasteiger partial charge is 0.128 e. The molecule has 1 heterocycles. The number of hydrogen-bond donors (Lipinski definition) is 0. The maximum absolute atomic E-state index is 10.8. The third-order valence-corrected chi connectivity index (χ3v) is 3.20. The lowest BCUT2D eigenvalue weighted by molar-refractivity contribution is -0.109. The van der Waals surface area contributed by atoms with Gasteiger partial charge < -0.3 is 4.79 Å². The highest BCUT2D eigenvalue weighted by atomic mass is 32.1. The lowest BCUT2D eigenvalue weighted by atomic mass is 10.0. The highest BCUT2D eigenvalue weighted by Crippen LogP contribution is 2.24. The molecule has 13 heavy (non-hydrogen) atoms. The van der Waals surface area contributed by atoms with Crippen molar-refractivity contribution in [3.63, 3.8) is 0 Å². The van der Waals surface area contributed by atoms with Crippen molar-refractivity contribution in [1.82, 2.24) is 0 Å². The predicted octanol–water partition coefficient (Wildman–Crippen LogP) is 3.61. The summed E-state index contributed by atoms with van der Waals surface area (Å²) in [6, 6.07) is 4.06. The molecular formula is C11H16OS. The van der Waals surface area contributed by atoms with Crippen LogP contribution in [-0.2, 0) is 4.79 Å². The van der Waals surface area contributed by atoms with E-state index in [1.54, 1.807) is 11.3 Å². The summed E-state index contributed by atoms with van der Waals surface area (Å²) in [5.74, 6) is 0.145. The number of unbranched alkanes of at least 4 members (excludes halogenated alkanes) is 2. The van der Waals surface area contributed by atoms with Gasteiger partial charge in [0.15, 0.2) is 0 Å². The van der Waals surface area contributed by atoms with E-state index in [9.17, 15) is 4.79 Å². The van der Waals surface area contributed by atoms with Gasteiger partial charge in [0, 0.05) is 10.8 Å². The lowest BCUT2D eigenvalue weighted by Gasteiger charge is -2.06. The van der Waals surface area contributed by atoms with Crippen molar-refractivity contribution in [3.8, 4) is 0 Å². The monoisotopic (exact) mass is 196 g/mol. The molecule has 0 fully saturated rings. The van der Waals surface area contributed by atoms with Crippen LogP contribution >= 0.6 is 11.3 Å². The van der Waals surface area contributed by atoms with Crippen LogP contribution in [0.5, 0.6) is 0 Å². The summed E-state index contributed by atoms with van der Waals surface area (Å²) in [7, 11) is 0. The van der Waals surface area contributed by atoms with Crippen LogP contribution in [0.1, 0.15) is 43.4 Å². The van der Waals surface area contributed by atoms with Crippen molar-refractivity contribution in [3.05, 3.63) is 22.4 Å². The van der Waals surface area contributed by atoms with Gasteiger partial charge in [-0.05, 0) is 17.9 Å². The first-order chi connectivity index (χ1) is 6.38. The highest BCUT2D eigenvalue weighted by Gasteiger charge is 2.09. The van der Waals surface area contributed by atoms with Crippen LogP contribution in [0.15, 0.2) is 17.5 Å². The van der Waals surface area contributed by atoms with Crippen LogP contribution in [0.4, 0.5) is 0 Å². The minimum absolute atomic E-state index is 0.145. The second-order valence-electron chi connectivity index (χ2n) is 3.25. The number of carbonyl (C=O) groups excluding carboxylic acids is 1. The molecule has 1 atom stereocenters. The number of hydrogen-bond acceptors (Lipinski definition) is 2. The first-order valence-electron chi connectivity index (χ1n) is 4.87. The van der Waals surface area contributed by atoms with Gasteiger partial charge >= 0.3 is 0 Å². The van der Waals surface area contributed by atoms with Crippen LogP contribution in [0.25, 0.3) is 0 Å². The normalized spacial score (nSPS) is 12.7. The van der Waals surface area contributed by atoms with E-state index in [1.165, 1.54) is 17.7 Å². The lowest BCUT2D eigenvalue weighted by Crippen LogP contribution is -1.97. The summed E-state index contributed by atoms with van der Waals surface area (Å²) in [6.45, 7) is 2.18.